The van der Waals surface area contributed by atoms with Crippen molar-refractivity contribution in [2.24, 2.45) is 0 Å². The van der Waals surface area contributed by atoms with Gasteiger partial charge in [0.25, 0.3) is 0 Å². The molecule has 0 spiro atoms. The first-order valence-electron chi connectivity index (χ1n) is 10.1. The zero-order chi connectivity index (χ0) is 19.1. The Kier molecular flexibility index (Phi) is 8.37. The van der Waals surface area contributed by atoms with Gasteiger partial charge in [-0.15, -0.1) is 0 Å². The fourth-order valence-electron chi connectivity index (χ4n) is 3.83. The SMILES string of the molecule is CC.CCc1cc(Cl)ccc1-n1c(CC)bnc1C1CCC(OC)CC1. The fourth-order valence-corrected chi connectivity index (χ4v) is 4.03. The second-order valence-corrected chi connectivity index (χ2v) is 7.07. The van der Waals surface area contributed by atoms with Crippen LogP contribution in [0.3, 0.4) is 0 Å². The quantitative estimate of drug-likeness (QED) is 0.672. The molecular weight excluding hydrogens is 343 g/mol. The average molecular weight is 375 g/mol. The van der Waals surface area contributed by atoms with E-state index in [2.05, 4.69) is 30.5 Å². The van der Waals surface area contributed by atoms with E-state index in [4.69, 9.17) is 21.2 Å². The van der Waals surface area contributed by atoms with Crippen LogP contribution in [0.2, 0.25) is 5.02 Å². The van der Waals surface area contributed by atoms with Gasteiger partial charge in [-0.25, -0.2) is 0 Å². The molecular formula is C21H32BClN2O. The minimum absolute atomic E-state index is 0.414. The van der Waals surface area contributed by atoms with Crippen LogP contribution in [0.5, 0.6) is 0 Å². The van der Waals surface area contributed by atoms with E-state index in [0.29, 0.717) is 12.0 Å². The molecule has 1 fully saturated rings. The first-order chi connectivity index (χ1) is 12.7. The van der Waals surface area contributed by atoms with Crippen LogP contribution in [0.25, 0.3) is 5.69 Å². The minimum atomic E-state index is 0.414. The average Bonchev–Trinajstić information content (AvgIpc) is 3.13. The first-order valence-corrected chi connectivity index (χ1v) is 10.4. The maximum absolute atomic E-state index is 6.21. The Morgan fingerprint density at radius 3 is 2.42 bits per heavy atom. The van der Waals surface area contributed by atoms with Gasteiger partial charge in [0.15, 0.2) is 0 Å². The van der Waals surface area contributed by atoms with Crippen molar-refractivity contribution in [1.29, 1.82) is 0 Å². The van der Waals surface area contributed by atoms with E-state index in [1.807, 2.05) is 34.1 Å². The molecule has 1 aromatic heterocycles. The van der Waals surface area contributed by atoms with Gasteiger partial charge in [0.2, 0.25) is 0 Å². The van der Waals surface area contributed by atoms with Gasteiger partial charge in [-0.05, 0) is 0 Å². The molecule has 26 heavy (non-hydrogen) atoms. The predicted octanol–water partition coefficient (Wildman–Crippen LogP) is 5.69. The van der Waals surface area contributed by atoms with E-state index < -0.39 is 0 Å². The second kappa shape index (κ2) is 10.3. The Bertz CT molecular complexity index is 693. The van der Waals surface area contributed by atoms with E-state index in [-0.39, 0.29) is 0 Å². The number of rotatable bonds is 5. The standard InChI is InChI=1S/C19H26BClN2O.C2H6/c1-4-13-12-15(21)8-11-17(13)23-18(5-2)20-22-19(23)14-6-9-16(24-3)10-7-14;1-2/h8,11-12,14,16H,4-7,9-10H2,1-3H3;1-2H3. The molecule has 2 aromatic rings. The zero-order valence-electron chi connectivity index (χ0n) is 16.9. The van der Waals surface area contributed by atoms with Crippen LogP contribution in [0.15, 0.2) is 18.2 Å². The Labute approximate surface area is 164 Å². The van der Waals surface area contributed by atoms with Crippen molar-refractivity contribution in [1.82, 2.24) is 9.46 Å². The number of hydrogen-bond acceptors (Lipinski definition) is 2. The third kappa shape index (κ3) is 4.58. The molecule has 0 aliphatic heterocycles. The summed E-state index contributed by atoms with van der Waals surface area (Å²) in [5.74, 6) is 1.72. The van der Waals surface area contributed by atoms with E-state index in [9.17, 15) is 0 Å². The summed E-state index contributed by atoms with van der Waals surface area (Å²) < 4.78 is 7.91. The van der Waals surface area contributed by atoms with Gasteiger partial charge in [0.05, 0.1) is 0 Å². The summed E-state index contributed by atoms with van der Waals surface area (Å²) in [6, 6.07) is 6.22. The summed E-state index contributed by atoms with van der Waals surface area (Å²) in [5.41, 5.74) is 3.79. The third-order valence-corrected chi connectivity index (χ3v) is 5.50. The second-order valence-electron chi connectivity index (χ2n) is 6.63. The number of hydrogen-bond donors (Lipinski definition) is 0. The summed E-state index contributed by atoms with van der Waals surface area (Å²) in [7, 11) is 3.87. The van der Waals surface area contributed by atoms with Crippen molar-refractivity contribution < 1.29 is 4.74 Å². The molecule has 0 atom stereocenters. The Morgan fingerprint density at radius 2 is 1.85 bits per heavy atom. The van der Waals surface area contributed by atoms with Crippen molar-refractivity contribution in [2.45, 2.75) is 78.2 Å². The van der Waals surface area contributed by atoms with Crippen LogP contribution in [0.1, 0.15) is 76.3 Å². The van der Waals surface area contributed by atoms with E-state index in [1.165, 1.54) is 22.7 Å². The van der Waals surface area contributed by atoms with Gasteiger partial charge in [0, 0.05) is 0 Å². The fraction of sp³-hybridized carbons (Fsp3) is 0.619. The topological polar surface area (TPSA) is 27.1 Å². The van der Waals surface area contributed by atoms with Crippen LogP contribution in [0.4, 0.5) is 0 Å². The molecule has 3 rings (SSSR count). The number of nitrogens with zero attached hydrogens (tertiary/aromatic N) is 2. The molecule has 0 bridgehead atoms. The Hall–Kier alpha value is -1.13. The summed E-state index contributed by atoms with van der Waals surface area (Å²) in [5, 5.41) is 0.802. The molecule has 0 radical (unpaired) electrons. The summed E-state index contributed by atoms with van der Waals surface area (Å²) in [6.07, 6.45) is 6.89. The molecule has 0 saturated heterocycles. The van der Waals surface area contributed by atoms with E-state index in [0.717, 1.165) is 43.5 Å². The van der Waals surface area contributed by atoms with Crippen molar-refractivity contribution in [3.8, 4) is 5.69 Å². The normalized spacial score (nSPS) is 19.6. The number of halogens is 1. The Balaban J connectivity index is 0.00000117. The van der Waals surface area contributed by atoms with Crippen molar-refractivity contribution in [3.63, 3.8) is 0 Å². The Morgan fingerprint density at radius 1 is 1.15 bits per heavy atom. The summed E-state index contributed by atoms with van der Waals surface area (Å²) >= 11 is 6.21. The molecule has 3 nitrogen and oxygen atoms in total. The van der Waals surface area contributed by atoms with Crippen LogP contribution >= 0.6 is 11.6 Å². The van der Waals surface area contributed by atoms with Crippen LogP contribution in [-0.4, -0.2) is 29.7 Å². The summed E-state index contributed by atoms with van der Waals surface area (Å²) in [6.45, 7) is 8.38. The number of aryl methyl sites for hydroxylation is 2. The third-order valence-electron chi connectivity index (χ3n) is 5.26. The molecule has 0 N–H and O–H groups in total. The van der Waals surface area contributed by atoms with Crippen LogP contribution in [0, 0.1) is 0 Å². The molecule has 1 saturated carbocycles. The summed E-state index contributed by atoms with van der Waals surface area (Å²) in [4.78, 5) is 4.82. The first kappa shape index (κ1) is 21.2. The van der Waals surface area contributed by atoms with Gasteiger partial charge >= 0.3 is 150 Å². The monoisotopic (exact) mass is 374 g/mol. The van der Waals surface area contributed by atoms with E-state index in [1.54, 1.807) is 0 Å². The number of benzene rings is 1. The number of methoxy groups -OCH3 is 1. The maximum atomic E-state index is 6.21. The molecule has 142 valence electrons. The molecule has 0 amide bonds. The molecule has 1 aliphatic rings. The number of aromatic nitrogens is 2. The van der Waals surface area contributed by atoms with Crippen LogP contribution in [-0.2, 0) is 17.6 Å². The van der Waals surface area contributed by atoms with Crippen molar-refractivity contribution in [2.75, 3.05) is 7.11 Å². The molecule has 0 unspecified atom stereocenters. The zero-order valence-corrected chi connectivity index (χ0v) is 17.6. The number of ether oxygens (including phenoxy) is 1. The van der Waals surface area contributed by atoms with Crippen molar-refractivity contribution in [3.05, 3.63) is 40.2 Å². The van der Waals surface area contributed by atoms with Gasteiger partial charge in [-0.1, -0.05) is 13.8 Å². The van der Waals surface area contributed by atoms with Gasteiger partial charge in [-0.3, -0.25) is 0 Å². The van der Waals surface area contributed by atoms with Crippen LogP contribution < -0.4 is 0 Å². The molecule has 1 aliphatic carbocycles. The van der Waals surface area contributed by atoms with Gasteiger partial charge in [-0.2, -0.15) is 0 Å². The van der Waals surface area contributed by atoms with E-state index >= 15 is 0 Å². The molecule has 1 heterocycles. The van der Waals surface area contributed by atoms with Crippen molar-refractivity contribution >= 4 is 18.7 Å². The van der Waals surface area contributed by atoms with Gasteiger partial charge < -0.3 is 0 Å². The molecule has 5 heteroatoms. The predicted molar refractivity (Wildman–Crippen MR) is 112 cm³/mol. The molecule has 1 aromatic carbocycles. The van der Waals surface area contributed by atoms with Gasteiger partial charge in [0.1, 0.15) is 0 Å².